The number of benzene rings is 1. The summed E-state index contributed by atoms with van der Waals surface area (Å²) in [5.74, 6) is -0.374. The zero-order chi connectivity index (χ0) is 17.3. The Bertz CT molecular complexity index is 749. The molecule has 0 radical (unpaired) electrons. The highest BCUT2D eigenvalue weighted by atomic mass is 35.5. The van der Waals surface area contributed by atoms with Crippen molar-refractivity contribution in [1.29, 1.82) is 0 Å². The molecule has 2 heterocycles. The summed E-state index contributed by atoms with van der Waals surface area (Å²) in [5, 5.41) is 7.41. The first kappa shape index (κ1) is 19.2. The van der Waals surface area contributed by atoms with Crippen molar-refractivity contribution in [3.8, 4) is 5.69 Å². The van der Waals surface area contributed by atoms with Crippen LogP contribution in [-0.2, 0) is 6.18 Å². The average Bonchev–Trinajstić information content (AvgIpc) is 3.03. The molecule has 1 atom stereocenters. The summed E-state index contributed by atoms with van der Waals surface area (Å²) in [6.45, 7) is 0.962. The number of aromatic nitrogens is 3. The second kappa shape index (κ2) is 7.40. The molecule has 136 valence electrons. The van der Waals surface area contributed by atoms with Gasteiger partial charge in [-0.1, -0.05) is 17.3 Å². The second-order valence-corrected chi connectivity index (χ2v) is 5.72. The van der Waals surface area contributed by atoms with Crippen LogP contribution >= 0.6 is 12.4 Å². The molecule has 1 aromatic heterocycles. The van der Waals surface area contributed by atoms with Crippen molar-refractivity contribution in [1.82, 2.24) is 19.9 Å². The van der Waals surface area contributed by atoms with Gasteiger partial charge in [0.2, 0.25) is 0 Å². The van der Waals surface area contributed by atoms with Crippen molar-refractivity contribution in [2.24, 2.45) is 5.73 Å². The predicted molar refractivity (Wildman–Crippen MR) is 86.7 cm³/mol. The number of halogens is 4. The molecule has 1 aromatic carbocycles. The van der Waals surface area contributed by atoms with Crippen molar-refractivity contribution in [3.63, 3.8) is 0 Å². The van der Waals surface area contributed by atoms with E-state index in [-0.39, 0.29) is 35.7 Å². The van der Waals surface area contributed by atoms with Gasteiger partial charge in [0.15, 0.2) is 5.69 Å². The zero-order valence-corrected chi connectivity index (χ0v) is 13.9. The third kappa shape index (κ3) is 4.10. The first-order chi connectivity index (χ1) is 11.4. The molecule has 1 aliphatic heterocycles. The Morgan fingerprint density at radius 2 is 2.00 bits per heavy atom. The predicted octanol–water partition coefficient (Wildman–Crippen LogP) is 2.27. The zero-order valence-electron chi connectivity index (χ0n) is 13.1. The van der Waals surface area contributed by atoms with E-state index in [1.54, 1.807) is 4.90 Å². The van der Waals surface area contributed by atoms with Gasteiger partial charge in [-0.05, 0) is 25.0 Å². The van der Waals surface area contributed by atoms with Crippen molar-refractivity contribution in [2.75, 3.05) is 13.1 Å². The van der Waals surface area contributed by atoms with Gasteiger partial charge in [-0.2, -0.15) is 13.2 Å². The number of para-hydroxylation sites is 1. The molecule has 1 saturated heterocycles. The van der Waals surface area contributed by atoms with Crippen LogP contribution in [-0.4, -0.2) is 44.9 Å². The van der Waals surface area contributed by atoms with Crippen LogP contribution in [0.1, 0.15) is 28.9 Å². The van der Waals surface area contributed by atoms with Crippen LogP contribution in [0.4, 0.5) is 13.2 Å². The molecule has 25 heavy (non-hydrogen) atoms. The molecular formula is C15H17ClF3N5O. The molecule has 1 fully saturated rings. The summed E-state index contributed by atoms with van der Waals surface area (Å²) < 4.78 is 40.2. The number of carbonyl (C=O) groups is 1. The summed E-state index contributed by atoms with van der Waals surface area (Å²) in [5.41, 5.74) is 4.83. The summed E-state index contributed by atoms with van der Waals surface area (Å²) >= 11 is 0. The summed E-state index contributed by atoms with van der Waals surface area (Å²) in [6.07, 6.45) is -1.67. The molecule has 1 amide bonds. The number of nitrogens with zero attached hydrogens (tertiary/aromatic N) is 4. The van der Waals surface area contributed by atoms with E-state index < -0.39 is 11.7 Å². The van der Waals surface area contributed by atoms with Gasteiger partial charge in [-0.25, -0.2) is 4.68 Å². The Labute approximate surface area is 148 Å². The maximum absolute atomic E-state index is 13.1. The van der Waals surface area contributed by atoms with Crippen LogP contribution in [0.2, 0.25) is 0 Å². The van der Waals surface area contributed by atoms with E-state index in [9.17, 15) is 18.0 Å². The van der Waals surface area contributed by atoms with Crippen LogP contribution in [0.3, 0.4) is 0 Å². The lowest BCUT2D eigenvalue weighted by Gasteiger charge is -2.30. The fraction of sp³-hybridized carbons (Fsp3) is 0.400. The first-order valence-electron chi connectivity index (χ1n) is 7.50. The minimum atomic E-state index is -4.52. The first-order valence-corrected chi connectivity index (χ1v) is 7.50. The fourth-order valence-electron chi connectivity index (χ4n) is 2.75. The Morgan fingerprint density at radius 3 is 2.68 bits per heavy atom. The van der Waals surface area contributed by atoms with Gasteiger partial charge in [0.25, 0.3) is 5.91 Å². The molecule has 3 rings (SSSR count). The van der Waals surface area contributed by atoms with Gasteiger partial charge < -0.3 is 10.6 Å². The summed E-state index contributed by atoms with van der Waals surface area (Å²) in [6, 6.07) is 4.91. The molecule has 0 aliphatic carbocycles. The average molecular weight is 376 g/mol. The van der Waals surface area contributed by atoms with E-state index >= 15 is 0 Å². The maximum atomic E-state index is 13.1. The van der Waals surface area contributed by atoms with Crippen molar-refractivity contribution in [3.05, 3.63) is 41.7 Å². The normalized spacial score (nSPS) is 17.9. The number of alkyl halides is 3. The smallest absolute Gasteiger partial charge is 0.336 e. The van der Waals surface area contributed by atoms with Gasteiger partial charge >= 0.3 is 6.18 Å². The SMILES string of the molecule is Cl.NC1CCCN(C(=O)c2cn(-c3ccccc3C(F)(F)F)nn2)C1. The quantitative estimate of drug-likeness (QED) is 0.873. The summed E-state index contributed by atoms with van der Waals surface area (Å²) in [7, 11) is 0. The number of nitrogens with two attached hydrogens (primary N) is 1. The highest BCUT2D eigenvalue weighted by molar-refractivity contribution is 5.92. The molecular weight excluding hydrogens is 359 g/mol. The highest BCUT2D eigenvalue weighted by Gasteiger charge is 2.34. The van der Waals surface area contributed by atoms with Gasteiger partial charge in [0.1, 0.15) is 0 Å². The Balaban J connectivity index is 0.00000225. The van der Waals surface area contributed by atoms with Crippen LogP contribution in [0.15, 0.2) is 30.5 Å². The van der Waals surface area contributed by atoms with Crippen molar-refractivity contribution >= 4 is 18.3 Å². The third-order valence-electron chi connectivity index (χ3n) is 3.91. The Morgan fingerprint density at radius 1 is 1.28 bits per heavy atom. The fourth-order valence-corrected chi connectivity index (χ4v) is 2.75. The largest absolute Gasteiger partial charge is 0.418 e. The number of rotatable bonds is 2. The standard InChI is InChI=1S/C15H16F3N5O.ClH/c16-15(17,18)11-5-1-2-6-13(11)23-9-12(20-21-23)14(24)22-7-3-4-10(19)8-22;/h1-2,5-6,9-10H,3-4,7-8,19H2;1H. The van der Waals surface area contributed by atoms with E-state index in [1.807, 2.05) is 0 Å². The third-order valence-corrected chi connectivity index (χ3v) is 3.91. The maximum Gasteiger partial charge on any atom is 0.418 e. The van der Waals surface area contributed by atoms with Crippen LogP contribution in [0, 0.1) is 0 Å². The van der Waals surface area contributed by atoms with E-state index in [0.717, 1.165) is 23.6 Å². The van der Waals surface area contributed by atoms with Gasteiger partial charge in [0.05, 0.1) is 17.4 Å². The molecule has 0 saturated carbocycles. The Kier molecular flexibility index (Phi) is 5.69. The van der Waals surface area contributed by atoms with E-state index in [4.69, 9.17) is 5.73 Å². The van der Waals surface area contributed by atoms with E-state index in [0.29, 0.717) is 13.1 Å². The molecule has 10 heteroatoms. The minimum absolute atomic E-state index is 0. The summed E-state index contributed by atoms with van der Waals surface area (Å²) in [4.78, 5) is 14.0. The number of likely N-dealkylation sites (tertiary alicyclic amines) is 1. The topological polar surface area (TPSA) is 77.0 Å². The molecule has 2 aromatic rings. The monoisotopic (exact) mass is 375 g/mol. The second-order valence-electron chi connectivity index (χ2n) is 5.72. The molecule has 2 N–H and O–H groups in total. The highest BCUT2D eigenvalue weighted by Crippen LogP contribution is 2.33. The van der Waals surface area contributed by atoms with Crippen LogP contribution in [0.5, 0.6) is 0 Å². The number of hydrogen-bond donors (Lipinski definition) is 1. The van der Waals surface area contributed by atoms with Crippen molar-refractivity contribution < 1.29 is 18.0 Å². The van der Waals surface area contributed by atoms with Gasteiger partial charge in [0, 0.05) is 19.1 Å². The Hall–Kier alpha value is -2.13. The van der Waals surface area contributed by atoms with Crippen molar-refractivity contribution in [2.45, 2.75) is 25.1 Å². The van der Waals surface area contributed by atoms with E-state index in [2.05, 4.69) is 10.3 Å². The molecule has 0 bridgehead atoms. The number of hydrogen-bond acceptors (Lipinski definition) is 4. The lowest BCUT2D eigenvalue weighted by atomic mass is 10.1. The lowest BCUT2D eigenvalue weighted by molar-refractivity contribution is -0.137. The van der Waals surface area contributed by atoms with Gasteiger partial charge in [-0.15, -0.1) is 17.5 Å². The lowest BCUT2D eigenvalue weighted by Crippen LogP contribution is -2.45. The van der Waals surface area contributed by atoms with Crippen LogP contribution in [0.25, 0.3) is 5.69 Å². The molecule has 1 unspecified atom stereocenters. The molecule has 6 nitrogen and oxygen atoms in total. The number of amides is 1. The molecule has 0 spiro atoms. The van der Waals surface area contributed by atoms with Gasteiger partial charge in [-0.3, -0.25) is 4.79 Å². The van der Waals surface area contributed by atoms with E-state index in [1.165, 1.54) is 24.4 Å². The number of carbonyl (C=O) groups excluding carboxylic acids is 1. The van der Waals surface area contributed by atoms with Crippen LogP contribution < -0.4 is 5.73 Å². The molecule has 1 aliphatic rings. The number of piperidine rings is 1. The minimum Gasteiger partial charge on any atom is -0.336 e.